The smallest absolute Gasteiger partial charge is 0.337 e. The molecule has 2 amide bonds. The van der Waals surface area contributed by atoms with Gasteiger partial charge in [0.2, 0.25) is 0 Å². The van der Waals surface area contributed by atoms with Crippen LogP contribution < -0.4 is 10.6 Å². The zero-order chi connectivity index (χ0) is 17.7. The highest BCUT2D eigenvalue weighted by molar-refractivity contribution is 6.44. The topological polar surface area (TPSA) is 84.5 Å². The third kappa shape index (κ3) is 4.33. The summed E-state index contributed by atoms with van der Waals surface area (Å²) in [5, 5.41) is 5.05. The molecule has 0 atom stereocenters. The average Bonchev–Trinajstić information content (AvgIpc) is 2.56. The normalized spacial score (nSPS) is 9.96. The fraction of sp³-hybridized carbons (Fsp3) is 0.118. The molecule has 124 valence electrons. The summed E-state index contributed by atoms with van der Waals surface area (Å²) in [7, 11) is 1.24. The molecule has 0 aliphatic carbocycles. The van der Waals surface area contributed by atoms with Crippen LogP contribution in [0.25, 0.3) is 0 Å². The van der Waals surface area contributed by atoms with Crippen LogP contribution in [-0.4, -0.2) is 24.9 Å². The van der Waals surface area contributed by atoms with Gasteiger partial charge in [-0.25, -0.2) is 4.79 Å². The summed E-state index contributed by atoms with van der Waals surface area (Å²) in [6, 6.07) is 11.3. The molecule has 2 aromatic carbocycles. The third-order valence-corrected chi connectivity index (χ3v) is 3.45. The Morgan fingerprint density at radius 2 is 1.71 bits per heavy atom. The second-order valence-corrected chi connectivity index (χ2v) is 5.37. The number of ether oxygens (including phenoxy) is 1. The quantitative estimate of drug-likeness (QED) is 0.661. The van der Waals surface area contributed by atoms with Crippen LogP contribution in [0.4, 0.5) is 11.4 Å². The molecule has 7 heteroatoms. The molecular formula is C17H15ClN2O4. The highest BCUT2D eigenvalue weighted by atomic mass is 35.5. The largest absolute Gasteiger partial charge is 0.465 e. The van der Waals surface area contributed by atoms with E-state index >= 15 is 0 Å². The van der Waals surface area contributed by atoms with Gasteiger partial charge in [0.1, 0.15) is 0 Å². The monoisotopic (exact) mass is 346 g/mol. The Hall–Kier alpha value is -2.86. The first-order valence-electron chi connectivity index (χ1n) is 6.97. The second kappa shape index (κ2) is 7.61. The van der Waals surface area contributed by atoms with Crippen LogP contribution in [0, 0.1) is 6.92 Å². The number of aryl methyl sites for hydroxylation is 1. The number of hydrogen-bond acceptors (Lipinski definition) is 4. The van der Waals surface area contributed by atoms with Crippen LogP contribution in [0.3, 0.4) is 0 Å². The Kier molecular flexibility index (Phi) is 5.55. The SMILES string of the molecule is COC(=O)c1ccc(Cl)c(NC(=O)C(=O)Nc2cccc(C)c2)c1. The Morgan fingerprint density at radius 3 is 2.38 bits per heavy atom. The van der Waals surface area contributed by atoms with E-state index in [2.05, 4.69) is 15.4 Å². The van der Waals surface area contributed by atoms with Crippen molar-refractivity contribution in [1.82, 2.24) is 0 Å². The summed E-state index contributed by atoms with van der Waals surface area (Å²) in [5.74, 6) is -2.33. The van der Waals surface area contributed by atoms with Crippen LogP contribution in [0.5, 0.6) is 0 Å². The first-order valence-corrected chi connectivity index (χ1v) is 7.35. The second-order valence-electron chi connectivity index (χ2n) is 4.96. The number of esters is 1. The minimum absolute atomic E-state index is 0.143. The molecular weight excluding hydrogens is 332 g/mol. The van der Waals surface area contributed by atoms with Gasteiger partial charge in [-0.1, -0.05) is 23.7 Å². The molecule has 6 nitrogen and oxygen atoms in total. The van der Waals surface area contributed by atoms with Gasteiger partial charge in [-0.2, -0.15) is 0 Å². The Balaban J connectivity index is 2.11. The van der Waals surface area contributed by atoms with E-state index in [-0.39, 0.29) is 16.3 Å². The molecule has 24 heavy (non-hydrogen) atoms. The van der Waals surface area contributed by atoms with Gasteiger partial charge in [0.05, 0.1) is 23.4 Å². The number of carbonyl (C=O) groups excluding carboxylic acids is 3. The van der Waals surface area contributed by atoms with Crippen LogP contribution in [0.1, 0.15) is 15.9 Å². The fourth-order valence-electron chi connectivity index (χ4n) is 1.96. The maximum Gasteiger partial charge on any atom is 0.337 e. The van der Waals surface area contributed by atoms with E-state index in [9.17, 15) is 14.4 Å². The van der Waals surface area contributed by atoms with Crippen molar-refractivity contribution in [3.8, 4) is 0 Å². The number of carbonyl (C=O) groups is 3. The lowest BCUT2D eigenvalue weighted by atomic mass is 10.2. The van der Waals surface area contributed by atoms with Crippen LogP contribution in [0.15, 0.2) is 42.5 Å². The molecule has 0 fully saturated rings. The maximum atomic E-state index is 12.0. The number of anilines is 2. The average molecular weight is 347 g/mol. The minimum atomic E-state index is -0.902. The molecule has 2 aromatic rings. The molecule has 2 rings (SSSR count). The van der Waals surface area contributed by atoms with Crippen molar-refractivity contribution in [3.05, 3.63) is 58.6 Å². The molecule has 0 aliphatic heterocycles. The van der Waals surface area contributed by atoms with Gasteiger partial charge in [0, 0.05) is 5.69 Å². The summed E-state index contributed by atoms with van der Waals surface area (Å²) in [6.45, 7) is 1.87. The predicted octanol–water partition coefficient (Wildman–Crippen LogP) is 3.01. The van der Waals surface area contributed by atoms with Crippen molar-refractivity contribution in [1.29, 1.82) is 0 Å². The lowest BCUT2D eigenvalue weighted by molar-refractivity contribution is -0.132. The van der Waals surface area contributed by atoms with Gasteiger partial charge >= 0.3 is 17.8 Å². The molecule has 2 N–H and O–H groups in total. The highest BCUT2D eigenvalue weighted by Crippen LogP contribution is 2.23. The van der Waals surface area contributed by atoms with Gasteiger partial charge in [-0.05, 0) is 42.8 Å². The van der Waals surface area contributed by atoms with E-state index in [1.807, 2.05) is 13.0 Å². The number of halogens is 1. The van der Waals surface area contributed by atoms with Crippen molar-refractivity contribution in [3.63, 3.8) is 0 Å². The first kappa shape index (κ1) is 17.5. The lowest BCUT2D eigenvalue weighted by Gasteiger charge is -2.09. The summed E-state index contributed by atoms with van der Waals surface area (Å²) in [6.07, 6.45) is 0. The summed E-state index contributed by atoms with van der Waals surface area (Å²) in [5.41, 5.74) is 1.80. The molecule has 0 heterocycles. The molecule has 0 saturated heterocycles. The Bertz CT molecular complexity index is 805. The highest BCUT2D eigenvalue weighted by Gasteiger charge is 2.17. The molecule has 0 radical (unpaired) electrons. The summed E-state index contributed by atoms with van der Waals surface area (Å²) in [4.78, 5) is 35.5. The van der Waals surface area contributed by atoms with Crippen LogP contribution in [-0.2, 0) is 14.3 Å². The molecule has 0 unspecified atom stereocenters. The minimum Gasteiger partial charge on any atom is -0.465 e. The summed E-state index contributed by atoms with van der Waals surface area (Å²) < 4.78 is 4.60. The number of amides is 2. The van der Waals surface area contributed by atoms with Gasteiger partial charge in [0.15, 0.2) is 0 Å². The molecule has 0 saturated carbocycles. The molecule has 0 aromatic heterocycles. The maximum absolute atomic E-state index is 12.0. The molecule has 0 spiro atoms. The first-order chi connectivity index (χ1) is 11.4. The van der Waals surface area contributed by atoms with Crippen molar-refractivity contribution < 1.29 is 19.1 Å². The van der Waals surface area contributed by atoms with E-state index < -0.39 is 17.8 Å². The van der Waals surface area contributed by atoms with E-state index in [4.69, 9.17) is 11.6 Å². The number of rotatable bonds is 3. The number of benzene rings is 2. The number of methoxy groups -OCH3 is 1. The molecule has 0 bridgehead atoms. The van der Waals surface area contributed by atoms with Crippen molar-refractivity contribution in [2.75, 3.05) is 17.7 Å². The molecule has 0 aliphatic rings. The lowest BCUT2D eigenvalue weighted by Crippen LogP contribution is -2.29. The fourth-order valence-corrected chi connectivity index (χ4v) is 2.12. The Morgan fingerprint density at radius 1 is 1.00 bits per heavy atom. The van der Waals surface area contributed by atoms with E-state index in [0.29, 0.717) is 5.69 Å². The van der Waals surface area contributed by atoms with Gasteiger partial charge in [-0.15, -0.1) is 0 Å². The Labute approximate surface area is 143 Å². The zero-order valence-corrected chi connectivity index (χ0v) is 13.8. The van der Waals surface area contributed by atoms with Gasteiger partial charge in [-0.3, -0.25) is 9.59 Å². The van der Waals surface area contributed by atoms with Crippen molar-refractivity contribution in [2.45, 2.75) is 6.92 Å². The van der Waals surface area contributed by atoms with E-state index in [1.165, 1.54) is 25.3 Å². The predicted molar refractivity (Wildman–Crippen MR) is 91.2 cm³/mol. The standard InChI is InChI=1S/C17H15ClN2O4/c1-10-4-3-5-12(8-10)19-15(21)16(22)20-14-9-11(17(23)24-2)6-7-13(14)18/h3-9H,1-2H3,(H,19,21)(H,20,22). The van der Waals surface area contributed by atoms with Gasteiger partial charge in [0.25, 0.3) is 0 Å². The zero-order valence-electron chi connectivity index (χ0n) is 13.1. The van der Waals surface area contributed by atoms with Crippen LogP contribution >= 0.6 is 11.6 Å². The summed E-state index contributed by atoms with van der Waals surface area (Å²) >= 11 is 5.98. The third-order valence-electron chi connectivity index (χ3n) is 3.12. The van der Waals surface area contributed by atoms with Crippen molar-refractivity contribution in [2.24, 2.45) is 0 Å². The van der Waals surface area contributed by atoms with E-state index in [0.717, 1.165) is 5.56 Å². The number of hydrogen-bond donors (Lipinski definition) is 2. The van der Waals surface area contributed by atoms with Crippen molar-refractivity contribution >= 4 is 40.8 Å². The number of nitrogens with one attached hydrogen (secondary N) is 2. The van der Waals surface area contributed by atoms with E-state index in [1.54, 1.807) is 18.2 Å². The van der Waals surface area contributed by atoms with Gasteiger partial charge < -0.3 is 15.4 Å². The van der Waals surface area contributed by atoms with Crippen LogP contribution in [0.2, 0.25) is 5.02 Å².